The van der Waals surface area contributed by atoms with Crippen LogP contribution in [0.2, 0.25) is 0 Å². The average Bonchev–Trinajstić information content (AvgIpc) is 2.70. The molecule has 0 bridgehead atoms. The quantitative estimate of drug-likeness (QED) is 0.687. The number of para-hydroxylation sites is 2. The molecule has 0 atom stereocenters. The highest BCUT2D eigenvalue weighted by molar-refractivity contribution is 5.76. The second-order valence-electron chi connectivity index (χ2n) is 5.55. The molecule has 25 heavy (non-hydrogen) atoms. The van der Waals surface area contributed by atoms with Gasteiger partial charge in [-0.2, -0.15) is 0 Å². The summed E-state index contributed by atoms with van der Waals surface area (Å²) in [7, 11) is 0. The smallest absolute Gasteiger partial charge is 0.0681 e. The van der Waals surface area contributed by atoms with E-state index in [1.165, 1.54) is 0 Å². The largest absolute Gasteiger partial charge is 0.396 e. The molecule has 0 saturated heterocycles. The predicted octanol–water partition coefficient (Wildman–Crippen LogP) is 5.04. The van der Waals surface area contributed by atoms with Gasteiger partial charge in [-0.15, -0.1) is 0 Å². The Bertz CT molecular complexity index is 671. The van der Waals surface area contributed by atoms with E-state index in [1.54, 1.807) is 0 Å². The lowest BCUT2D eigenvalue weighted by molar-refractivity contribution is 0.282. The topological polar surface area (TPSA) is 43.7 Å². The van der Waals surface area contributed by atoms with Gasteiger partial charge in [0.25, 0.3) is 0 Å². The van der Waals surface area contributed by atoms with Crippen molar-refractivity contribution in [2.75, 3.05) is 11.5 Å². The van der Waals surface area contributed by atoms with E-state index >= 15 is 0 Å². The number of rotatable bonds is 5. The number of benzene rings is 3. The first-order valence-electron chi connectivity index (χ1n) is 8.51. The van der Waals surface area contributed by atoms with E-state index in [0.29, 0.717) is 6.61 Å². The van der Waals surface area contributed by atoms with Crippen molar-refractivity contribution in [3.05, 3.63) is 90.5 Å². The summed E-state index contributed by atoms with van der Waals surface area (Å²) in [5.74, 6) is 0. The molecule has 0 saturated carbocycles. The zero-order valence-electron chi connectivity index (χ0n) is 14.5. The van der Waals surface area contributed by atoms with Gasteiger partial charge < -0.3 is 15.1 Å². The molecular weight excluding hydrogens is 310 g/mol. The third kappa shape index (κ3) is 5.45. The van der Waals surface area contributed by atoms with Gasteiger partial charge in [-0.05, 0) is 48.4 Å². The second kappa shape index (κ2) is 10.3. The highest BCUT2D eigenvalue weighted by Gasteiger charge is 2.11. The van der Waals surface area contributed by atoms with Gasteiger partial charge in [0.15, 0.2) is 0 Å². The Balaban J connectivity index is 0.000000511. The van der Waals surface area contributed by atoms with Crippen molar-refractivity contribution in [1.82, 2.24) is 0 Å². The van der Waals surface area contributed by atoms with Crippen molar-refractivity contribution in [2.45, 2.75) is 20.0 Å². The van der Waals surface area contributed by atoms with Crippen LogP contribution in [0, 0.1) is 0 Å². The Morgan fingerprint density at radius 1 is 0.640 bits per heavy atom. The molecule has 0 spiro atoms. The van der Waals surface area contributed by atoms with Crippen molar-refractivity contribution < 1.29 is 10.2 Å². The van der Waals surface area contributed by atoms with Crippen molar-refractivity contribution >= 4 is 17.1 Å². The molecule has 2 N–H and O–H groups in total. The predicted molar refractivity (Wildman–Crippen MR) is 104 cm³/mol. The van der Waals surface area contributed by atoms with Crippen LogP contribution in [0.4, 0.5) is 17.1 Å². The van der Waals surface area contributed by atoms with Crippen molar-refractivity contribution in [3.63, 3.8) is 0 Å². The van der Waals surface area contributed by atoms with E-state index in [9.17, 15) is 5.11 Å². The first kappa shape index (κ1) is 18.7. The molecule has 0 aliphatic rings. The summed E-state index contributed by atoms with van der Waals surface area (Å²) >= 11 is 0. The van der Waals surface area contributed by atoms with Crippen LogP contribution in [-0.4, -0.2) is 16.8 Å². The summed E-state index contributed by atoms with van der Waals surface area (Å²) in [6.45, 7) is 2.32. The molecule has 0 unspecified atom stereocenters. The molecule has 0 aliphatic heterocycles. The minimum absolute atomic E-state index is 0.0664. The van der Waals surface area contributed by atoms with E-state index in [-0.39, 0.29) is 6.61 Å². The Morgan fingerprint density at radius 2 is 1.04 bits per heavy atom. The summed E-state index contributed by atoms with van der Waals surface area (Å²) in [6, 6.07) is 28.5. The van der Waals surface area contributed by atoms with Crippen LogP contribution >= 0.6 is 0 Å². The number of nitrogens with zero attached hydrogens (tertiary/aromatic N) is 1. The van der Waals surface area contributed by atoms with Crippen LogP contribution in [0.3, 0.4) is 0 Å². The van der Waals surface area contributed by atoms with E-state index in [4.69, 9.17) is 5.11 Å². The van der Waals surface area contributed by atoms with Gasteiger partial charge in [-0.1, -0.05) is 55.5 Å². The molecule has 0 heterocycles. The van der Waals surface area contributed by atoms with Gasteiger partial charge in [0.05, 0.1) is 6.61 Å². The maximum Gasteiger partial charge on any atom is 0.0681 e. The molecule has 0 fully saturated rings. The molecule has 0 radical (unpaired) electrons. The highest BCUT2D eigenvalue weighted by atomic mass is 16.3. The van der Waals surface area contributed by atoms with Gasteiger partial charge in [-0.3, -0.25) is 0 Å². The fourth-order valence-corrected chi connectivity index (χ4v) is 2.35. The maximum atomic E-state index is 9.19. The zero-order valence-corrected chi connectivity index (χ0v) is 14.5. The number of hydrogen-bond acceptors (Lipinski definition) is 3. The lowest BCUT2D eigenvalue weighted by Crippen LogP contribution is -2.09. The number of hydrogen-bond donors (Lipinski definition) is 2. The van der Waals surface area contributed by atoms with E-state index in [2.05, 4.69) is 29.2 Å². The van der Waals surface area contributed by atoms with Crippen molar-refractivity contribution in [3.8, 4) is 0 Å². The summed E-state index contributed by atoms with van der Waals surface area (Å²) < 4.78 is 0. The standard InChI is InChI=1S/C19H17NO.C3H8O/c21-15-16-11-13-19(14-12-16)20(17-7-3-1-4-8-17)18-9-5-2-6-10-18;1-2-3-4/h1-14,21H,15H2;4H,2-3H2,1H3. The van der Waals surface area contributed by atoms with Gasteiger partial charge in [0, 0.05) is 23.7 Å². The molecule has 0 aliphatic carbocycles. The SMILES string of the molecule is CCCO.OCc1ccc(N(c2ccccc2)c2ccccc2)cc1. The van der Waals surface area contributed by atoms with Crippen LogP contribution in [0.1, 0.15) is 18.9 Å². The molecule has 0 aromatic heterocycles. The number of aliphatic hydroxyl groups excluding tert-OH is 2. The van der Waals surface area contributed by atoms with Crippen LogP contribution in [0.5, 0.6) is 0 Å². The monoisotopic (exact) mass is 335 g/mol. The fourth-order valence-electron chi connectivity index (χ4n) is 2.35. The van der Waals surface area contributed by atoms with Crippen molar-refractivity contribution in [2.24, 2.45) is 0 Å². The Morgan fingerprint density at radius 3 is 1.40 bits per heavy atom. The number of anilines is 3. The second-order valence-corrected chi connectivity index (χ2v) is 5.55. The third-order valence-corrected chi connectivity index (χ3v) is 3.63. The molecule has 3 aromatic rings. The van der Waals surface area contributed by atoms with Crippen LogP contribution in [-0.2, 0) is 6.61 Å². The number of aliphatic hydroxyl groups is 2. The molecular formula is C22H25NO2. The summed E-state index contributed by atoms with van der Waals surface area (Å²) in [6.07, 6.45) is 0.875. The van der Waals surface area contributed by atoms with Crippen LogP contribution in [0.15, 0.2) is 84.9 Å². The highest BCUT2D eigenvalue weighted by Crippen LogP contribution is 2.33. The summed E-state index contributed by atoms with van der Waals surface area (Å²) in [5, 5.41) is 17.1. The Labute approximate surface area is 149 Å². The van der Waals surface area contributed by atoms with Crippen molar-refractivity contribution in [1.29, 1.82) is 0 Å². The van der Waals surface area contributed by atoms with Gasteiger partial charge in [-0.25, -0.2) is 0 Å². The van der Waals surface area contributed by atoms with Gasteiger partial charge >= 0.3 is 0 Å². The minimum atomic E-state index is 0.0664. The summed E-state index contributed by atoms with van der Waals surface area (Å²) in [4.78, 5) is 2.20. The van der Waals surface area contributed by atoms with Gasteiger partial charge in [0.1, 0.15) is 0 Å². The lowest BCUT2D eigenvalue weighted by Gasteiger charge is -2.25. The van der Waals surface area contributed by atoms with E-state index in [1.807, 2.05) is 67.6 Å². The Kier molecular flexibility index (Phi) is 7.70. The molecule has 3 nitrogen and oxygen atoms in total. The first-order valence-corrected chi connectivity index (χ1v) is 8.51. The Hall–Kier alpha value is -2.62. The molecule has 3 aromatic carbocycles. The van der Waals surface area contributed by atoms with E-state index < -0.39 is 0 Å². The van der Waals surface area contributed by atoms with Crippen LogP contribution < -0.4 is 4.90 Å². The van der Waals surface area contributed by atoms with Crippen LogP contribution in [0.25, 0.3) is 0 Å². The maximum absolute atomic E-state index is 9.19. The molecule has 130 valence electrons. The summed E-state index contributed by atoms with van der Waals surface area (Å²) in [5.41, 5.74) is 4.21. The zero-order chi connectivity index (χ0) is 17.9. The normalized spacial score (nSPS) is 9.88. The lowest BCUT2D eigenvalue weighted by atomic mass is 10.1. The minimum Gasteiger partial charge on any atom is -0.396 e. The van der Waals surface area contributed by atoms with Gasteiger partial charge in [0.2, 0.25) is 0 Å². The molecule has 3 heteroatoms. The van der Waals surface area contributed by atoms with E-state index in [0.717, 1.165) is 29.0 Å². The molecule has 0 amide bonds. The fraction of sp³-hybridized carbons (Fsp3) is 0.182. The first-order chi connectivity index (χ1) is 12.3. The molecule has 3 rings (SSSR count). The third-order valence-electron chi connectivity index (χ3n) is 3.63. The average molecular weight is 335 g/mol.